The van der Waals surface area contributed by atoms with Crippen molar-refractivity contribution in [3.8, 4) is 23.0 Å². The smallest absolute Gasteiger partial charge is 0.265 e. The summed E-state index contributed by atoms with van der Waals surface area (Å²) in [5, 5.41) is 0.696. The number of hydrogen-bond donors (Lipinski definition) is 1. The van der Waals surface area contributed by atoms with Gasteiger partial charge in [0.05, 0.1) is 5.75 Å². The van der Waals surface area contributed by atoms with Gasteiger partial charge in [-0.1, -0.05) is 35.7 Å². The van der Waals surface area contributed by atoms with Crippen LogP contribution in [0.3, 0.4) is 0 Å². The van der Waals surface area contributed by atoms with E-state index in [-0.39, 0.29) is 11.7 Å². The van der Waals surface area contributed by atoms with Crippen LogP contribution in [0.1, 0.15) is 17.7 Å². The van der Waals surface area contributed by atoms with E-state index in [0.717, 1.165) is 22.5 Å². The van der Waals surface area contributed by atoms with Gasteiger partial charge in [-0.15, -0.1) is 0 Å². The summed E-state index contributed by atoms with van der Waals surface area (Å²) in [6.45, 7) is 1.27. The van der Waals surface area contributed by atoms with Crippen molar-refractivity contribution in [3.63, 3.8) is 0 Å². The van der Waals surface area contributed by atoms with Crippen LogP contribution in [0.5, 0.6) is 0 Å². The van der Waals surface area contributed by atoms with E-state index in [2.05, 4.69) is 21.8 Å². The highest BCUT2D eigenvalue weighted by Crippen LogP contribution is 2.23. The molecule has 2 aromatic heterocycles. The maximum absolute atomic E-state index is 11.1. The first kappa shape index (κ1) is 21.3. The number of anilines is 1. The number of halogens is 1. The van der Waals surface area contributed by atoms with Crippen molar-refractivity contribution in [1.82, 2.24) is 9.97 Å². The number of rotatable bonds is 4. The van der Waals surface area contributed by atoms with Gasteiger partial charge in [0, 0.05) is 41.6 Å². The van der Waals surface area contributed by atoms with Crippen LogP contribution in [-0.4, -0.2) is 41.8 Å². The lowest BCUT2D eigenvalue weighted by Gasteiger charge is -2.17. The van der Waals surface area contributed by atoms with E-state index >= 15 is 0 Å². The molecule has 0 saturated carbocycles. The molecule has 6 nitrogen and oxygen atoms in total. The minimum Gasteiger partial charge on any atom is -0.356 e. The number of pyridine rings is 2. The fraction of sp³-hybridized carbons (Fsp3) is 0.217. The van der Waals surface area contributed by atoms with E-state index in [1.165, 1.54) is 0 Å². The van der Waals surface area contributed by atoms with Crippen LogP contribution in [0.25, 0.3) is 11.1 Å². The zero-order valence-corrected chi connectivity index (χ0v) is 18.1. The molecule has 0 amide bonds. The van der Waals surface area contributed by atoms with Crippen molar-refractivity contribution in [2.45, 2.75) is 6.42 Å². The Bertz CT molecular complexity index is 1220. The Kier molecular flexibility index (Phi) is 6.23. The first-order valence-electron chi connectivity index (χ1n) is 9.76. The first-order chi connectivity index (χ1) is 14.9. The van der Waals surface area contributed by atoms with Gasteiger partial charge in [0.2, 0.25) is 0 Å². The molecule has 1 aromatic carbocycles. The van der Waals surface area contributed by atoms with Gasteiger partial charge in [-0.2, -0.15) is 8.42 Å². The zero-order chi connectivity index (χ0) is 21.8. The van der Waals surface area contributed by atoms with Gasteiger partial charge >= 0.3 is 0 Å². The van der Waals surface area contributed by atoms with Crippen LogP contribution >= 0.6 is 11.6 Å². The number of aromatic nitrogens is 2. The normalized spacial score (nSPS) is 16.1. The molecule has 1 N–H and O–H groups in total. The number of benzene rings is 1. The van der Waals surface area contributed by atoms with E-state index < -0.39 is 10.1 Å². The highest BCUT2D eigenvalue weighted by Gasteiger charge is 2.27. The molecule has 1 aliphatic rings. The summed E-state index contributed by atoms with van der Waals surface area (Å²) < 4.78 is 31.1. The fourth-order valence-corrected chi connectivity index (χ4v) is 4.53. The largest absolute Gasteiger partial charge is 0.356 e. The Morgan fingerprint density at radius 2 is 1.77 bits per heavy atom. The summed E-state index contributed by atoms with van der Waals surface area (Å²) in [4.78, 5) is 10.9. The van der Waals surface area contributed by atoms with Gasteiger partial charge < -0.3 is 4.90 Å². The second-order valence-corrected chi connectivity index (χ2v) is 9.38. The molecule has 1 unspecified atom stereocenters. The second-order valence-electron chi connectivity index (χ2n) is 7.44. The van der Waals surface area contributed by atoms with Crippen molar-refractivity contribution in [2.75, 3.05) is 23.7 Å². The molecule has 0 aliphatic carbocycles. The Morgan fingerprint density at radius 1 is 1.00 bits per heavy atom. The van der Waals surface area contributed by atoms with Crippen molar-refractivity contribution in [2.24, 2.45) is 5.92 Å². The predicted octanol–water partition coefficient (Wildman–Crippen LogP) is 3.91. The van der Waals surface area contributed by atoms with Crippen LogP contribution < -0.4 is 4.90 Å². The van der Waals surface area contributed by atoms with Gasteiger partial charge in [-0.25, -0.2) is 9.97 Å². The lowest BCUT2D eigenvalue weighted by molar-refractivity contribution is 0.469. The molecule has 1 aliphatic heterocycles. The first-order valence-corrected chi connectivity index (χ1v) is 11.7. The molecule has 0 radical (unpaired) electrons. The number of nitrogens with zero attached hydrogens (tertiary/aromatic N) is 3. The van der Waals surface area contributed by atoms with Crippen LogP contribution in [0.4, 0.5) is 5.82 Å². The Balaban J connectivity index is 1.39. The maximum atomic E-state index is 11.1. The van der Waals surface area contributed by atoms with Crippen LogP contribution in [0.15, 0.2) is 60.9 Å². The van der Waals surface area contributed by atoms with Gasteiger partial charge in [0.25, 0.3) is 10.1 Å². The molecular weight excluding hydrogens is 434 g/mol. The average molecular weight is 454 g/mol. The Hall–Kier alpha value is -2.92. The lowest BCUT2D eigenvalue weighted by atomic mass is 10.1. The molecule has 1 atom stereocenters. The van der Waals surface area contributed by atoms with E-state index in [0.29, 0.717) is 30.2 Å². The molecule has 3 aromatic rings. The summed E-state index contributed by atoms with van der Waals surface area (Å²) in [7, 11) is -3.95. The minimum atomic E-state index is -3.95. The quantitative estimate of drug-likeness (QED) is 0.476. The fourth-order valence-electron chi connectivity index (χ4n) is 3.54. The maximum Gasteiger partial charge on any atom is 0.265 e. The van der Waals surface area contributed by atoms with Gasteiger partial charge in [-0.05, 0) is 54.2 Å². The summed E-state index contributed by atoms with van der Waals surface area (Å²) in [6.07, 6.45) is 4.19. The average Bonchev–Trinajstić information content (AvgIpc) is 3.20. The summed E-state index contributed by atoms with van der Waals surface area (Å²) in [5.74, 6) is 6.58. The van der Waals surface area contributed by atoms with Gasteiger partial charge in [0.1, 0.15) is 11.5 Å². The second kappa shape index (κ2) is 9.06. The van der Waals surface area contributed by atoms with Crippen LogP contribution in [0, 0.1) is 17.8 Å². The molecule has 158 valence electrons. The van der Waals surface area contributed by atoms with E-state index in [4.69, 9.17) is 16.2 Å². The Labute approximate surface area is 186 Å². The topological polar surface area (TPSA) is 83.4 Å². The van der Waals surface area contributed by atoms with Crippen molar-refractivity contribution in [1.29, 1.82) is 0 Å². The van der Waals surface area contributed by atoms with Crippen LogP contribution in [0.2, 0.25) is 5.02 Å². The van der Waals surface area contributed by atoms with Crippen molar-refractivity contribution >= 4 is 27.5 Å². The molecule has 8 heteroatoms. The van der Waals surface area contributed by atoms with Crippen molar-refractivity contribution in [3.05, 3.63) is 77.2 Å². The molecule has 3 heterocycles. The molecular formula is C23H20ClN3O3S. The van der Waals surface area contributed by atoms with E-state index in [1.54, 1.807) is 12.4 Å². The van der Waals surface area contributed by atoms with E-state index in [9.17, 15) is 8.42 Å². The number of hydrogen-bond acceptors (Lipinski definition) is 5. The molecule has 1 saturated heterocycles. The molecule has 1 fully saturated rings. The predicted molar refractivity (Wildman–Crippen MR) is 122 cm³/mol. The van der Waals surface area contributed by atoms with Gasteiger partial charge in [0.15, 0.2) is 0 Å². The standard InChI is InChI=1S/C23H20ClN3O3S/c24-21-6-3-19(4-7-21)20-5-9-22(25-14-20)8-1-17-2-10-23(26-13-17)27-12-11-18(15-27)16-31(28,29)30/h2-7,9-10,13-14,18H,11-12,15-16H2,(H,28,29,30). The Morgan fingerprint density at radius 3 is 2.42 bits per heavy atom. The molecule has 31 heavy (non-hydrogen) atoms. The third kappa shape index (κ3) is 5.82. The molecule has 0 spiro atoms. The highest BCUT2D eigenvalue weighted by molar-refractivity contribution is 7.85. The van der Waals surface area contributed by atoms with Crippen LogP contribution in [-0.2, 0) is 10.1 Å². The SMILES string of the molecule is O=S(=O)(O)CC1CCN(c2ccc(C#Cc3ccc(-c4ccc(Cl)cc4)cn3)cn2)C1. The molecule has 4 rings (SSSR count). The molecule has 0 bridgehead atoms. The lowest BCUT2D eigenvalue weighted by Crippen LogP contribution is -2.23. The summed E-state index contributed by atoms with van der Waals surface area (Å²) in [5.41, 5.74) is 3.46. The third-order valence-electron chi connectivity index (χ3n) is 5.08. The third-order valence-corrected chi connectivity index (χ3v) is 6.22. The van der Waals surface area contributed by atoms with E-state index in [1.807, 2.05) is 53.4 Å². The highest BCUT2D eigenvalue weighted by atomic mass is 35.5. The van der Waals surface area contributed by atoms with Crippen molar-refractivity contribution < 1.29 is 13.0 Å². The summed E-state index contributed by atoms with van der Waals surface area (Å²) >= 11 is 5.93. The zero-order valence-electron chi connectivity index (χ0n) is 16.6. The summed E-state index contributed by atoms with van der Waals surface area (Å²) in [6, 6.07) is 15.2. The monoisotopic (exact) mass is 453 g/mol. The van der Waals surface area contributed by atoms with Gasteiger partial charge in [-0.3, -0.25) is 4.55 Å². The minimum absolute atomic E-state index is 0.0850.